The van der Waals surface area contributed by atoms with Crippen LogP contribution < -0.4 is 4.72 Å². The molecular formula is C12H13Cl2N3O2S. The van der Waals surface area contributed by atoms with Gasteiger partial charge < -0.3 is 0 Å². The Kier molecular flexibility index (Phi) is 4.39. The molecular weight excluding hydrogens is 321 g/mol. The molecule has 0 amide bonds. The zero-order valence-corrected chi connectivity index (χ0v) is 13.2. The molecule has 0 saturated heterocycles. The van der Waals surface area contributed by atoms with Gasteiger partial charge in [-0.15, -0.1) is 0 Å². The van der Waals surface area contributed by atoms with Crippen molar-refractivity contribution in [3.05, 3.63) is 45.7 Å². The first-order valence-corrected chi connectivity index (χ1v) is 7.99. The Morgan fingerprint density at radius 1 is 1.30 bits per heavy atom. The summed E-state index contributed by atoms with van der Waals surface area (Å²) in [4.78, 5) is -0.00581. The summed E-state index contributed by atoms with van der Waals surface area (Å²) in [7, 11) is -2.15. The first-order valence-electron chi connectivity index (χ1n) is 5.75. The van der Waals surface area contributed by atoms with Crippen LogP contribution in [0.5, 0.6) is 0 Å². The van der Waals surface area contributed by atoms with E-state index in [1.54, 1.807) is 38.2 Å². The van der Waals surface area contributed by atoms with Crippen LogP contribution in [-0.4, -0.2) is 18.2 Å². The molecule has 1 N–H and O–H groups in total. The van der Waals surface area contributed by atoms with Gasteiger partial charge in [0, 0.05) is 18.6 Å². The summed E-state index contributed by atoms with van der Waals surface area (Å²) in [5, 5.41) is 4.57. The van der Waals surface area contributed by atoms with Crippen LogP contribution in [-0.2, 0) is 23.6 Å². The van der Waals surface area contributed by atoms with Gasteiger partial charge in [0.05, 0.1) is 5.69 Å². The average molecular weight is 334 g/mol. The number of benzene rings is 1. The van der Waals surface area contributed by atoms with E-state index in [4.69, 9.17) is 23.2 Å². The maximum absolute atomic E-state index is 12.3. The maximum Gasteiger partial charge on any atom is 0.245 e. The van der Waals surface area contributed by atoms with Crippen molar-refractivity contribution in [2.45, 2.75) is 18.4 Å². The highest BCUT2D eigenvalue weighted by molar-refractivity contribution is 7.89. The molecule has 108 valence electrons. The highest BCUT2D eigenvalue weighted by Gasteiger charge is 2.24. The van der Waals surface area contributed by atoms with Crippen molar-refractivity contribution in [3.63, 3.8) is 0 Å². The molecule has 0 aliphatic heterocycles. The molecule has 2 rings (SSSR count). The van der Waals surface area contributed by atoms with Gasteiger partial charge in [0.2, 0.25) is 10.0 Å². The highest BCUT2D eigenvalue weighted by atomic mass is 35.5. The molecule has 0 aliphatic rings. The minimum atomic E-state index is -3.74. The summed E-state index contributed by atoms with van der Waals surface area (Å²) in [6, 6.07) is 7.02. The molecule has 0 spiro atoms. The van der Waals surface area contributed by atoms with Gasteiger partial charge >= 0.3 is 0 Å². The summed E-state index contributed by atoms with van der Waals surface area (Å²) < 4.78 is 28.4. The third kappa shape index (κ3) is 2.98. The fourth-order valence-corrected chi connectivity index (χ4v) is 3.76. The van der Waals surface area contributed by atoms with Crippen molar-refractivity contribution in [3.8, 4) is 0 Å². The largest absolute Gasteiger partial charge is 0.255 e. The van der Waals surface area contributed by atoms with Crippen molar-refractivity contribution in [2.24, 2.45) is 7.05 Å². The molecule has 0 atom stereocenters. The lowest BCUT2D eigenvalue weighted by Crippen LogP contribution is -2.24. The molecule has 1 aromatic heterocycles. The number of nitrogens with zero attached hydrogens (tertiary/aromatic N) is 2. The molecule has 20 heavy (non-hydrogen) atoms. The van der Waals surface area contributed by atoms with Gasteiger partial charge in [-0.3, -0.25) is 4.68 Å². The third-order valence-electron chi connectivity index (χ3n) is 2.78. The minimum Gasteiger partial charge on any atom is -0.255 e. The Hall–Kier alpha value is -1.08. The molecule has 1 heterocycles. The highest BCUT2D eigenvalue weighted by Crippen LogP contribution is 2.24. The quantitative estimate of drug-likeness (QED) is 0.934. The topological polar surface area (TPSA) is 64.0 Å². The summed E-state index contributed by atoms with van der Waals surface area (Å²) in [5.74, 6) is 0. The maximum atomic E-state index is 12.3. The smallest absolute Gasteiger partial charge is 0.245 e. The SMILES string of the molecule is Cc1nn(C)c(Cl)c1S(=O)(=O)NCc1ccccc1Cl. The number of hydrogen-bond donors (Lipinski definition) is 1. The molecule has 0 bridgehead atoms. The van der Waals surface area contributed by atoms with E-state index in [9.17, 15) is 8.42 Å². The number of nitrogens with one attached hydrogen (secondary N) is 1. The summed E-state index contributed by atoms with van der Waals surface area (Å²) in [5.41, 5.74) is 1.04. The first kappa shape index (κ1) is 15.3. The van der Waals surface area contributed by atoms with Crippen molar-refractivity contribution < 1.29 is 8.42 Å². The van der Waals surface area contributed by atoms with Crippen molar-refractivity contribution in [2.75, 3.05) is 0 Å². The van der Waals surface area contributed by atoms with Crippen LogP contribution in [0.3, 0.4) is 0 Å². The normalized spacial score (nSPS) is 11.8. The Balaban J connectivity index is 2.27. The van der Waals surface area contributed by atoms with E-state index in [-0.39, 0.29) is 16.6 Å². The standard InChI is InChI=1S/C12H13Cl2N3O2S/c1-8-11(12(14)17(2)16-8)20(18,19)15-7-9-5-3-4-6-10(9)13/h3-6,15H,7H2,1-2H3. The Bertz CT molecular complexity index is 741. The molecule has 0 aliphatic carbocycles. The number of sulfonamides is 1. The van der Waals surface area contributed by atoms with Gasteiger partial charge in [0.1, 0.15) is 10.0 Å². The Labute approximate surface area is 127 Å². The average Bonchev–Trinajstić information content (AvgIpc) is 2.62. The Morgan fingerprint density at radius 3 is 2.50 bits per heavy atom. The lowest BCUT2D eigenvalue weighted by molar-refractivity contribution is 0.580. The van der Waals surface area contributed by atoms with Crippen molar-refractivity contribution >= 4 is 33.2 Å². The Morgan fingerprint density at radius 2 is 1.95 bits per heavy atom. The number of halogens is 2. The molecule has 2 aromatic rings. The van der Waals surface area contributed by atoms with Crippen LogP contribution in [0.1, 0.15) is 11.3 Å². The van der Waals surface area contributed by atoms with Gasteiger partial charge in [0.25, 0.3) is 0 Å². The van der Waals surface area contributed by atoms with Crippen molar-refractivity contribution in [1.82, 2.24) is 14.5 Å². The number of hydrogen-bond acceptors (Lipinski definition) is 3. The number of aryl methyl sites for hydroxylation is 2. The summed E-state index contributed by atoms with van der Waals surface area (Å²) in [6.45, 7) is 1.68. The van der Waals surface area contributed by atoms with E-state index < -0.39 is 10.0 Å². The molecule has 0 unspecified atom stereocenters. The van der Waals surface area contributed by atoms with Crippen LogP contribution in [0.4, 0.5) is 0 Å². The van der Waals surface area contributed by atoms with E-state index in [0.717, 1.165) is 0 Å². The zero-order valence-electron chi connectivity index (χ0n) is 10.9. The van der Waals surface area contributed by atoms with E-state index in [1.807, 2.05) is 0 Å². The lowest BCUT2D eigenvalue weighted by Gasteiger charge is -2.07. The minimum absolute atomic E-state index is 0.00581. The van der Waals surface area contributed by atoms with E-state index >= 15 is 0 Å². The van der Waals surface area contributed by atoms with E-state index in [0.29, 0.717) is 16.3 Å². The predicted octanol–water partition coefficient (Wildman–Crippen LogP) is 2.51. The molecule has 0 fully saturated rings. The molecule has 8 heteroatoms. The summed E-state index contributed by atoms with van der Waals surface area (Å²) >= 11 is 12.0. The van der Waals surface area contributed by atoms with Gasteiger partial charge in [0.15, 0.2) is 0 Å². The number of rotatable bonds is 4. The number of aromatic nitrogens is 2. The molecule has 0 saturated carbocycles. The van der Waals surface area contributed by atoms with Crippen molar-refractivity contribution in [1.29, 1.82) is 0 Å². The van der Waals surface area contributed by atoms with Crippen LogP contribution in [0, 0.1) is 6.92 Å². The van der Waals surface area contributed by atoms with Crippen LogP contribution >= 0.6 is 23.2 Å². The van der Waals surface area contributed by atoms with Crippen LogP contribution in [0.2, 0.25) is 10.2 Å². The fourth-order valence-electron chi connectivity index (χ4n) is 1.80. The second kappa shape index (κ2) is 5.73. The molecule has 5 nitrogen and oxygen atoms in total. The summed E-state index contributed by atoms with van der Waals surface area (Å²) in [6.07, 6.45) is 0. The van der Waals surface area contributed by atoms with Gasteiger partial charge in [-0.1, -0.05) is 41.4 Å². The second-order valence-electron chi connectivity index (χ2n) is 4.24. The monoisotopic (exact) mass is 333 g/mol. The van der Waals surface area contributed by atoms with Gasteiger partial charge in [-0.25, -0.2) is 13.1 Å². The third-order valence-corrected chi connectivity index (χ3v) is 5.24. The van der Waals surface area contributed by atoms with Crippen LogP contribution in [0.25, 0.3) is 0 Å². The lowest BCUT2D eigenvalue weighted by atomic mass is 10.2. The van der Waals surface area contributed by atoms with Gasteiger partial charge in [-0.2, -0.15) is 5.10 Å². The predicted molar refractivity (Wildman–Crippen MR) is 78.4 cm³/mol. The molecule has 0 radical (unpaired) electrons. The fraction of sp³-hybridized carbons (Fsp3) is 0.250. The first-order chi connectivity index (χ1) is 9.33. The van der Waals surface area contributed by atoms with E-state index in [1.165, 1.54) is 4.68 Å². The van der Waals surface area contributed by atoms with Crippen LogP contribution in [0.15, 0.2) is 29.2 Å². The molecule has 1 aromatic carbocycles. The van der Waals surface area contributed by atoms with E-state index in [2.05, 4.69) is 9.82 Å². The zero-order chi connectivity index (χ0) is 14.9. The second-order valence-corrected chi connectivity index (χ2v) is 6.71. The van der Waals surface area contributed by atoms with Gasteiger partial charge in [-0.05, 0) is 18.6 Å².